The number of aliphatic hydroxyl groups excluding tert-OH is 1. The molecule has 3 rings (SSSR count). The van der Waals surface area contributed by atoms with Crippen LogP contribution in [0.4, 0.5) is 10.1 Å². The summed E-state index contributed by atoms with van der Waals surface area (Å²) in [5.41, 5.74) is 3.62. The minimum atomic E-state index is -0.274. The van der Waals surface area contributed by atoms with E-state index in [1.165, 1.54) is 0 Å². The van der Waals surface area contributed by atoms with Gasteiger partial charge in [0.1, 0.15) is 11.6 Å². The third-order valence-corrected chi connectivity index (χ3v) is 5.55. The summed E-state index contributed by atoms with van der Waals surface area (Å²) < 4.78 is 20.5. The molecule has 0 amide bonds. The highest BCUT2D eigenvalue weighted by Gasteiger charge is 2.19. The van der Waals surface area contributed by atoms with Gasteiger partial charge in [0, 0.05) is 31.7 Å². The average molecular weight is 570 g/mol. The van der Waals surface area contributed by atoms with Crippen molar-refractivity contribution in [3.8, 4) is 5.75 Å². The fraction of sp³-hybridized carbons (Fsp3) is 0.480. The minimum Gasteiger partial charge on any atom is -0.494 e. The van der Waals surface area contributed by atoms with Gasteiger partial charge >= 0.3 is 0 Å². The monoisotopic (exact) mass is 570 g/mol. The number of ether oxygens (including phenoxy) is 1. The molecule has 0 bridgehead atoms. The maximum Gasteiger partial charge on any atom is 0.191 e. The van der Waals surface area contributed by atoms with E-state index >= 15 is 0 Å². The zero-order chi connectivity index (χ0) is 22.9. The molecule has 1 aliphatic rings. The topological polar surface area (TPSA) is 69.1 Å². The highest BCUT2D eigenvalue weighted by Crippen LogP contribution is 2.24. The van der Waals surface area contributed by atoms with Gasteiger partial charge in [-0.05, 0) is 62.9 Å². The Morgan fingerprint density at radius 1 is 1.15 bits per heavy atom. The number of piperidine rings is 1. The predicted octanol–water partition coefficient (Wildman–Crippen LogP) is 4.37. The minimum absolute atomic E-state index is 0. The highest BCUT2D eigenvalue weighted by atomic mass is 127. The second kappa shape index (κ2) is 13.6. The number of halogens is 2. The number of nitrogens with one attached hydrogen (secondary N) is 2. The number of rotatable bonds is 8. The fourth-order valence-corrected chi connectivity index (χ4v) is 3.80. The van der Waals surface area contributed by atoms with E-state index in [-0.39, 0.29) is 35.9 Å². The molecule has 8 heteroatoms. The van der Waals surface area contributed by atoms with Gasteiger partial charge < -0.3 is 25.4 Å². The molecule has 33 heavy (non-hydrogen) atoms. The Bertz CT molecular complexity index is 917. The van der Waals surface area contributed by atoms with Crippen LogP contribution in [-0.4, -0.2) is 43.4 Å². The second-order valence-corrected chi connectivity index (χ2v) is 8.10. The van der Waals surface area contributed by atoms with Crippen molar-refractivity contribution in [3.63, 3.8) is 0 Å². The summed E-state index contributed by atoms with van der Waals surface area (Å²) in [4.78, 5) is 6.62. The number of aryl methyl sites for hydroxylation is 1. The van der Waals surface area contributed by atoms with Crippen LogP contribution in [-0.2, 0) is 13.1 Å². The number of anilines is 1. The van der Waals surface area contributed by atoms with Gasteiger partial charge in [-0.25, -0.2) is 9.38 Å². The fourth-order valence-electron chi connectivity index (χ4n) is 3.80. The van der Waals surface area contributed by atoms with E-state index < -0.39 is 0 Å². The SMILES string of the molecule is CCNC(=NCc1ccc(N2CCC(O)CC2)c(F)c1)NCc1ccc(C)cc1OCC.I. The molecule has 3 N–H and O–H groups in total. The van der Waals surface area contributed by atoms with Gasteiger partial charge in [0.2, 0.25) is 0 Å². The van der Waals surface area contributed by atoms with Crippen molar-refractivity contribution < 1.29 is 14.2 Å². The van der Waals surface area contributed by atoms with Crippen LogP contribution >= 0.6 is 24.0 Å². The first kappa shape index (κ1) is 27.2. The number of hydrogen-bond donors (Lipinski definition) is 3. The average Bonchev–Trinajstić information content (AvgIpc) is 2.78. The molecule has 0 unspecified atom stereocenters. The molecule has 6 nitrogen and oxygen atoms in total. The summed E-state index contributed by atoms with van der Waals surface area (Å²) in [5.74, 6) is 1.30. The first-order chi connectivity index (χ1) is 15.5. The van der Waals surface area contributed by atoms with Crippen LogP contribution in [0, 0.1) is 12.7 Å². The molecule has 1 heterocycles. The molecule has 0 spiro atoms. The first-order valence-electron chi connectivity index (χ1n) is 11.5. The molecule has 1 fully saturated rings. The molecule has 0 saturated carbocycles. The lowest BCUT2D eigenvalue weighted by Gasteiger charge is -2.31. The van der Waals surface area contributed by atoms with Crippen LogP contribution in [0.5, 0.6) is 5.75 Å². The number of aliphatic imine (C=N–C) groups is 1. The number of nitrogens with zero attached hydrogens (tertiary/aromatic N) is 2. The van der Waals surface area contributed by atoms with Crippen molar-refractivity contribution in [1.29, 1.82) is 0 Å². The van der Waals surface area contributed by atoms with Crippen LogP contribution in [0.1, 0.15) is 43.4 Å². The quantitative estimate of drug-likeness (QED) is 0.250. The molecule has 0 radical (unpaired) electrons. The summed E-state index contributed by atoms with van der Waals surface area (Å²) in [6.07, 6.45) is 1.08. The Labute approximate surface area is 213 Å². The smallest absolute Gasteiger partial charge is 0.191 e. The summed E-state index contributed by atoms with van der Waals surface area (Å²) in [5, 5.41) is 16.3. The molecule has 0 aliphatic carbocycles. The Morgan fingerprint density at radius 2 is 1.91 bits per heavy atom. The second-order valence-electron chi connectivity index (χ2n) is 8.10. The zero-order valence-electron chi connectivity index (χ0n) is 19.7. The third kappa shape index (κ3) is 8.03. The normalized spacial score (nSPS) is 14.6. The van der Waals surface area contributed by atoms with Gasteiger partial charge in [-0.15, -0.1) is 24.0 Å². The summed E-state index contributed by atoms with van der Waals surface area (Å²) in [7, 11) is 0. The van der Waals surface area contributed by atoms with E-state index in [9.17, 15) is 9.50 Å². The van der Waals surface area contributed by atoms with Gasteiger partial charge in [-0.1, -0.05) is 18.2 Å². The van der Waals surface area contributed by atoms with E-state index in [4.69, 9.17) is 4.74 Å². The maximum absolute atomic E-state index is 14.7. The molecule has 2 aromatic rings. The molecular formula is C25H36FIN4O2. The van der Waals surface area contributed by atoms with Gasteiger partial charge in [0.05, 0.1) is 24.9 Å². The van der Waals surface area contributed by atoms with Crippen molar-refractivity contribution in [2.75, 3.05) is 31.1 Å². The Hall–Kier alpha value is -2.07. The number of benzene rings is 2. The van der Waals surface area contributed by atoms with Gasteiger partial charge in [0.25, 0.3) is 0 Å². The van der Waals surface area contributed by atoms with Gasteiger partial charge in [-0.3, -0.25) is 0 Å². The van der Waals surface area contributed by atoms with E-state index in [0.717, 1.165) is 29.0 Å². The van der Waals surface area contributed by atoms with Gasteiger partial charge in [-0.2, -0.15) is 0 Å². The number of aliphatic hydroxyl groups is 1. The zero-order valence-corrected chi connectivity index (χ0v) is 22.1. The number of hydrogen-bond acceptors (Lipinski definition) is 4. The summed E-state index contributed by atoms with van der Waals surface area (Å²) in [6.45, 7) is 9.68. The van der Waals surface area contributed by atoms with Crippen molar-refractivity contribution in [2.24, 2.45) is 4.99 Å². The lowest BCUT2D eigenvalue weighted by Crippen LogP contribution is -2.37. The van der Waals surface area contributed by atoms with Crippen LogP contribution in [0.25, 0.3) is 0 Å². The largest absolute Gasteiger partial charge is 0.494 e. The van der Waals surface area contributed by atoms with Crippen LogP contribution in [0.2, 0.25) is 0 Å². The van der Waals surface area contributed by atoms with Crippen LogP contribution in [0.15, 0.2) is 41.4 Å². The predicted molar refractivity (Wildman–Crippen MR) is 143 cm³/mol. The van der Waals surface area contributed by atoms with E-state index in [0.29, 0.717) is 57.3 Å². The molecule has 1 aliphatic heterocycles. The van der Waals surface area contributed by atoms with E-state index in [1.807, 2.05) is 43.9 Å². The van der Waals surface area contributed by atoms with Gasteiger partial charge in [0.15, 0.2) is 5.96 Å². The lowest BCUT2D eigenvalue weighted by molar-refractivity contribution is 0.145. The number of guanidine groups is 1. The standard InChI is InChI=1S/C25H35FN4O2.HI/c1-4-27-25(29-17-20-8-6-18(3)14-24(20)32-5-2)28-16-19-7-9-23(22(26)15-19)30-12-10-21(31)11-13-30;/h6-9,14-15,21,31H,4-5,10-13,16-17H2,1-3H3,(H2,27,28,29);1H. The Kier molecular flexibility index (Phi) is 11.2. The lowest BCUT2D eigenvalue weighted by atomic mass is 10.1. The van der Waals surface area contributed by atoms with Crippen molar-refractivity contribution in [1.82, 2.24) is 10.6 Å². The third-order valence-electron chi connectivity index (χ3n) is 5.55. The van der Waals surface area contributed by atoms with E-state index in [1.54, 1.807) is 6.07 Å². The summed E-state index contributed by atoms with van der Waals surface area (Å²) in [6, 6.07) is 11.5. The van der Waals surface area contributed by atoms with Crippen LogP contribution < -0.4 is 20.3 Å². The maximum atomic E-state index is 14.7. The van der Waals surface area contributed by atoms with Crippen molar-refractivity contribution in [3.05, 3.63) is 58.9 Å². The van der Waals surface area contributed by atoms with Crippen LogP contribution in [0.3, 0.4) is 0 Å². The molecule has 182 valence electrons. The molecule has 0 atom stereocenters. The highest BCUT2D eigenvalue weighted by molar-refractivity contribution is 14.0. The summed E-state index contributed by atoms with van der Waals surface area (Å²) >= 11 is 0. The molecule has 0 aromatic heterocycles. The van der Waals surface area contributed by atoms with Crippen molar-refractivity contribution >= 4 is 35.6 Å². The van der Waals surface area contributed by atoms with E-state index in [2.05, 4.69) is 27.8 Å². The molecule has 1 saturated heterocycles. The Balaban J connectivity index is 0.00000385. The molecule has 2 aromatic carbocycles. The first-order valence-corrected chi connectivity index (χ1v) is 11.5. The van der Waals surface area contributed by atoms with Crippen molar-refractivity contribution in [2.45, 2.75) is 52.8 Å². The Morgan fingerprint density at radius 3 is 2.58 bits per heavy atom. The molecular weight excluding hydrogens is 534 g/mol.